The zero-order valence-corrected chi connectivity index (χ0v) is 17.6. The maximum absolute atomic E-state index is 13.1. The van der Waals surface area contributed by atoms with Gasteiger partial charge in [-0.15, -0.1) is 5.10 Å². The number of rotatable bonds is 5. The molecule has 1 aromatic carbocycles. The quantitative estimate of drug-likeness (QED) is 0.540. The summed E-state index contributed by atoms with van der Waals surface area (Å²) in [4.78, 5) is 30.1. The molecule has 0 spiro atoms. The zero-order chi connectivity index (χ0) is 21.4. The first-order chi connectivity index (χ1) is 15.1. The predicted molar refractivity (Wildman–Crippen MR) is 118 cm³/mol. The highest BCUT2D eigenvalue weighted by Crippen LogP contribution is 2.24. The third-order valence-electron chi connectivity index (χ3n) is 6.32. The Balaban J connectivity index is 1.51. The highest BCUT2D eigenvalue weighted by Gasteiger charge is 2.24. The van der Waals surface area contributed by atoms with Crippen molar-refractivity contribution >= 4 is 22.7 Å². The van der Waals surface area contributed by atoms with Crippen LogP contribution in [0.2, 0.25) is 0 Å². The van der Waals surface area contributed by atoms with Crippen molar-refractivity contribution in [1.82, 2.24) is 29.0 Å². The Morgan fingerprint density at radius 3 is 2.61 bits per heavy atom. The molecule has 4 aromatic rings. The number of pyridine rings is 1. The molecule has 0 radical (unpaired) electrons. The van der Waals surface area contributed by atoms with Crippen molar-refractivity contribution in [3.63, 3.8) is 0 Å². The van der Waals surface area contributed by atoms with E-state index in [-0.39, 0.29) is 24.2 Å². The molecule has 1 amide bonds. The van der Waals surface area contributed by atoms with E-state index in [4.69, 9.17) is 0 Å². The fourth-order valence-corrected chi connectivity index (χ4v) is 4.62. The smallest absolute Gasteiger partial charge is 0.352 e. The van der Waals surface area contributed by atoms with Crippen LogP contribution in [0.1, 0.15) is 38.2 Å². The maximum atomic E-state index is 13.1. The Bertz CT molecular complexity index is 1290. The number of hydrogen-bond acceptors (Lipinski definition) is 4. The van der Waals surface area contributed by atoms with Gasteiger partial charge in [-0.3, -0.25) is 14.3 Å². The van der Waals surface area contributed by atoms with Gasteiger partial charge in [0.1, 0.15) is 6.54 Å². The molecule has 8 nitrogen and oxygen atoms in total. The van der Waals surface area contributed by atoms with Gasteiger partial charge >= 0.3 is 5.69 Å². The highest BCUT2D eigenvalue weighted by atomic mass is 16.2. The lowest BCUT2D eigenvalue weighted by atomic mass is 9.86. The standard InChI is InChI=1S/C23H26N6O2/c1-16-6-2-3-7-18(16)25-21(30)15-27-19-8-4-5-9-20(19)29-22(27)26-28(23(29)31)14-17-10-12-24-13-11-17/h4-5,8-13,16,18H,2-3,6-7,14-15H2,1H3,(H,25,30)/t16-,18-/m1/s1. The number of para-hydroxylation sites is 2. The predicted octanol–water partition coefficient (Wildman–Crippen LogP) is 2.59. The molecule has 0 bridgehead atoms. The van der Waals surface area contributed by atoms with Gasteiger partial charge in [-0.2, -0.15) is 0 Å². The second-order valence-electron chi connectivity index (χ2n) is 8.44. The van der Waals surface area contributed by atoms with Crippen molar-refractivity contribution in [2.75, 3.05) is 0 Å². The largest absolute Gasteiger partial charge is 0.352 e. The number of benzene rings is 1. The average Bonchev–Trinajstić information content (AvgIpc) is 3.25. The Morgan fingerprint density at radius 2 is 1.84 bits per heavy atom. The number of nitrogens with zero attached hydrogens (tertiary/aromatic N) is 5. The lowest BCUT2D eigenvalue weighted by Gasteiger charge is -2.29. The number of nitrogens with one attached hydrogen (secondary N) is 1. The second kappa shape index (κ2) is 8.02. The molecule has 8 heteroatoms. The van der Waals surface area contributed by atoms with Gasteiger partial charge in [-0.1, -0.05) is 31.9 Å². The van der Waals surface area contributed by atoms with Crippen molar-refractivity contribution in [1.29, 1.82) is 0 Å². The van der Waals surface area contributed by atoms with E-state index in [0.717, 1.165) is 35.9 Å². The minimum atomic E-state index is -0.219. The summed E-state index contributed by atoms with van der Waals surface area (Å²) >= 11 is 0. The lowest BCUT2D eigenvalue weighted by molar-refractivity contribution is -0.122. The van der Waals surface area contributed by atoms with Gasteiger partial charge < -0.3 is 5.32 Å². The first kappa shape index (κ1) is 19.5. The molecule has 0 unspecified atom stereocenters. The Morgan fingerprint density at radius 1 is 1.10 bits per heavy atom. The summed E-state index contributed by atoms with van der Waals surface area (Å²) in [5.41, 5.74) is 2.30. The molecule has 1 N–H and O–H groups in total. The van der Waals surface area contributed by atoms with Gasteiger partial charge in [0.2, 0.25) is 11.7 Å². The summed E-state index contributed by atoms with van der Waals surface area (Å²) in [6, 6.07) is 11.6. The summed E-state index contributed by atoms with van der Waals surface area (Å²) in [5.74, 6) is 0.923. The average molecular weight is 419 g/mol. The topological polar surface area (TPSA) is 86.2 Å². The summed E-state index contributed by atoms with van der Waals surface area (Å²) in [5, 5.41) is 7.80. The zero-order valence-electron chi connectivity index (χ0n) is 17.6. The summed E-state index contributed by atoms with van der Waals surface area (Å²) in [7, 11) is 0. The molecule has 3 heterocycles. The number of aromatic nitrogens is 5. The van der Waals surface area contributed by atoms with Crippen molar-refractivity contribution in [2.45, 2.75) is 51.7 Å². The number of carbonyl (C=O) groups excluding carboxylic acids is 1. The minimum absolute atomic E-state index is 0.0434. The van der Waals surface area contributed by atoms with Gasteiger partial charge in [0.15, 0.2) is 0 Å². The summed E-state index contributed by atoms with van der Waals surface area (Å²) in [6.45, 7) is 2.68. The Labute approximate surface area is 179 Å². The van der Waals surface area contributed by atoms with Crippen LogP contribution in [0.25, 0.3) is 16.8 Å². The first-order valence-corrected chi connectivity index (χ1v) is 10.9. The van der Waals surface area contributed by atoms with Crippen LogP contribution in [0.5, 0.6) is 0 Å². The van der Waals surface area contributed by atoms with Crippen LogP contribution < -0.4 is 11.0 Å². The number of fused-ring (bicyclic) bond motifs is 3. The Hall–Kier alpha value is -3.42. The van der Waals surface area contributed by atoms with E-state index in [2.05, 4.69) is 22.3 Å². The molecule has 2 atom stereocenters. The number of imidazole rings is 1. The van der Waals surface area contributed by atoms with E-state index in [9.17, 15) is 9.59 Å². The third-order valence-corrected chi connectivity index (χ3v) is 6.32. The number of hydrogen-bond donors (Lipinski definition) is 1. The van der Waals surface area contributed by atoms with Crippen LogP contribution in [0.4, 0.5) is 0 Å². The maximum Gasteiger partial charge on any atom is 0.352 e. The molecule has 31 heavy (non-hydrogen) atoms. The lowest BCUT2D eigenvalue weighted by Crippen LogP contribution is -2.42. The van der Waals surface area contributed by atoms with Crippen LogP contribution in [0, 0.1) is 5.92 Å². The van der Waals surface area contributed by atoms with Crippen molar-refractivity contribution in [2.24, 2.45) is 5.92 Å². The van der Waals surface area contributed by atoms with Gasteiger partial charge in [-0.25, -0.2) is 13.9 Å². The normalized spacial score (nSPS) is 19.1. The highest BCUT2D eigenvalue weighted by molar-refractivity contribution is 5.84. The molecule has 1 aliphatic carbocycles. The van der Waals surface area contributed by atoms with E-state index in [1.807, 2.05) is 41.0 Å². The summed E-state index contributed by atoms with van der Waals surface area (Å²) < 4.78 is 4.87. The fourth-order valence-electron chi connectivity index (χ4n) is 4.62. The number of carbonyl (C=O) groups is 1. The molecule has 0 aliphatic heterocycles. The third kappa shape index (κ3) is 3.62. The van der Waals surface area contributed by atoms with E-state index < -0.39 is 0 Å². The van der Waals surface area contributed by atoms with E-state index >= 15 is 0 Å². The van der Waals surface area contributed by atoms with Crippen LogP contribution in [0.3, 0.4) is 0 Å². The summed E-state index contributed by atoms with van der Waals surface area (Å²) in [6.07, 6.45) is 7.95. The van der Waals surface area contributed by atoms with Crippen LogP contribution >= 0.6 is 0 Å². The van der Waals surface area contributed by atoms with Gasteiger partial charge in [0.25, 0.3) is 0 Å². The molecular formula is C23H26N6O2. The molecule has 1 fully saturated rings. The molecular weight excluding hydrogens is 392 g/mol. The second-order valence-corrected chi connectivity index (χ2v) is 8.44. The minimum Gasteiger partial charge on any atom is -0.352 e. The Kier molecular flexibility index (Phi) is 5.05. The molecule has 0 saturated heterocycles. The number of amides is 1. The van der Waals surface area contributed by atoms with E-state index in [1.165, 1.54) is 11.1 Å². The van der Waals surface area contributed by atoms with Crippen molar-refractivity contribution in [3.8, 4) is 0 Å². The van der Waals surface area contributed by atoms with E-state index in [0.29, 0.717) is 18.2 Å². The monoisotopic (exact) mass is 418 g/mol. The molecule has 1 saturated carbocycles. The van der Waals surface area contributed by atoms with Crippen LogP contribution in [-0.4, -0.2) is 35.7 Å². The molecule has 5 rings (SSSR count). The van der Waals surface area contributed by atoms with Crippen molar-refractivity contribution < 1.29 is 4.79 Å². The fraction of sp³-hybridized carbons (Fsp3) is 0.391. The van der Waals surface area contributed by atoms with Gasteiger partial charge in [0, 0.05) is 18.4 Å². The van der Waals surface area contributed by atoms with Gasteiger partial charge in [0.05, 0.1) is 17.6 Å². The first-order valence-electron chi connectivity index (χ1n) is 10.9. The SMILES string of the molecule is C[C@@H]1CCCC[C@H]1NC(=O)Cn1c2ccccc2n2c(=O)n(Cc3ccncc3)nc12. The van der Waals surface area contributed by atoms with Crippen molar-refractivity contribution in [3.05, 3.63) is 64.8 Å². The molecule has 160 valence electrons. The van der Waals surface area contributed by atoms with Gasteiger partial charge in [-0.05, 0) is 48.6 Å². The molecule has 3 aromatic heterocycles. The molecule has 1 aliphatic rings. The van der Waals surface area contributed by atoms with E-state index in [1.54, 1.807) is 16.8 Å². The van der Waals surface area contributed by atoms with Crippen LogP contribution in [-0.2, 0) is 17.9 Å². The van der Waals surface area contributed by atoms with Crippen LogP contribution in [0.15, 0.2) is 53.6 Å².